The lowest BCUT2D eigenvalue weighted by Gasteiger charge is -2.34. The highest BCUT2D eigenvalue weighted by atomic mass is 79.9. The minimum atomic E-state index is -0.505. The molecule has 1 saturated heterocycles. The van der Waals surface area contributed by atoms with Crippen LogP contribution in [0.3, 0.4) is 0 Å². The highest BCUT2D eigenvalue weighted by Crippen LogP contribution is 2.39. The van der Waals surface area contributed by atoms with Crippen LogP contribution in [0.4, 0.5) is 5.69 Å². The molecule has 1 aromatic rings. The monoisotopic (exact) mass is 354 g/mol. The van der Waals surface area contributed by atoms with E-state index in [0.29, 0.717) is 5.56 Å². The van der Waals surface area contributed by atoms with Gasteiger partial charge in [0.15, 0.2) is 0 Å². The van der Waals surface area contributed by atoms with E-state index in [1.807, 2.05) is 0 Å². The number of nitrogens with zero attached hydrogens (tertiary/aromatic N) is 3. The fourth-order valence-electron chi connectivity index (χ4n) is 2.48. The topological polar surface area (TPSA) is 102 Å². The van der Waals surface area contributed by atoms with Crippen molar-refractivity contribution < 1.29 is 10.0 Å². The fourth-order valence-corrected chi connectivity index (χ4v) is 2.94. The minimum Gasteiger partial charge on any atom is -0.506 e. The van der Waals surface area contributed by atoms with Crippen molar-refractivity contribution in [2.24, 2.45) is 0 Å². The van der Waals surface area contributed by atoms with E-state index in [0.717, 1.165) is 26.2 Å². The van der Waals surface area contributed by atoms with Gasteiger partial charge in [-0.25, -0.2) is 0 Å². The van der Waals surface area contributed by atoms with E-state index in [-0.39, 0.29) is 28.4 Å². The zero-order valence-corrected chi connectivity index (χ0v) is 12.8. The number of nitriles is 1. The Morgan fingerprint density at radius 3 is 2.76 bits per heavy atom. The number of aromatic hydroxyl groups is 1. The van der Waals surface area contributed by atoms with E-state index in [9.17, 15) is 15.2 Å². The molecule has 2 rings (SSSR count). The van der Waals surface area contributed by atoms with Gasteiger partial charge in [0, 0.05) is 43.9 Å². The Bertz CT molecular complexity index is 582. The van der Waals surface area contributed by atoms with Crippen LogP contribution in [-0.4, -0.2) is 41.1 Å². The van der Waals surface area contributed by atoms with Crippen LogP contribution >= 0.6 is 15.9 Å². The second-order valence-electron chi connectivity index (χ2n) is 4.79. The van der Waals surface area contributed by atoms with Gasteiger partial charge in [-0.1, -0.05) is 0 Å². The first-order valence-electron chi connectivity index (χ1n) is 6.53. The lowest BCUT2D eigenvalue weighted by Crippen LogP contribution is -2.45. The van der Waals surface area contributed by atoms with E-state index in [4.69, 9.17) is 5.26 Å². The molecule has 0 aliphatic carbocycles. The van der Waals surface area contributed by atoms with Gasteiger partial charge in [-0.3, -0.25) is 15.0 Å². The van der Waals surface area contributed by atoms with E-state index >= 15 is 0 Å². The SMILES string of the molecule is N#CC[C@H](c1cc([N+](=O)[O-])cc(Br)c1O)N1CCNCC1. The van der Waals surface area contributed by atoms with Gasteiger partial charge in [-0.2, -0.15) is 5.26 Å². The molecule has 2 N–H and O–H groups in total. The number of phenolic OH excluding ortho intramolecular Hbond substituents is 1. The van der Waals surface area contributed by atoms with Crippen molar-refractivity contribution in [3.8, 4) is 11.8 Å². The first-order valence-corrected chi connectivity index (χ1v) is 7.32. The Morgan fingerprint density at radius 2 is 2.19 bits per heavy atom. The highest BCUT2D eigenvalue weighted by Gasteiger charge is 2.27. The van der Waals surface area contributed by atoms with Crippen LogP contribution in [0.5, 0.6) is 5.75 Å². The number of hydrogen-bond donors (Lipinski definition) is 2. The zero-order valence-electron chi connectivity index (χ0n) is 11.3. The number of non-ortho nitro benzene ring substituents is 1. The van der Waals surface area contributed by atoms with Gasteiger partial charge in [-0.05, 0) is 15.9 Å². The Hall–Kier alpha value is -1.69. The van der Waals surface area contributed by atoms with Crippen molar-refractivity contribution >= 4 is 21.6 Å². The lowest BCUT2D eigenvalue weighted by atomic mass is 10.00. The zero-order chi connectivity index (χ0) is 15.4. The van der Waals surface area contributed by atoms with Crippen LogP contribution in [0.2, 0.25) is 0 Å². The molecule has 112 valence electrons. The van der Waals surface area contributed by atoms with E-state index in [1.54, 1.807) is 0 Å². The third-order valence-corrected chi connectivity index (χ3v) is 4.13. The standard InChI is InChI=1S/C13H15BrN4O3/c14-11-8-9(18(20)21)7-10(13(11)19)12(1-2-15)17-5-3-16-4-6-17/h7-8,12,16,19H,1,3-6H2/t12-/m1/s1. The summed E-state index contributed by atoms with van der Waals surface area (Å²) in [6, 6.07) is 4.36. The predicted octanol–water partition coefficient (Wildman–Crippen LogP) is 1.92. The van der Waals surface area contributed by atoms with Gasteiger partial charge < -0.3 is 10.4 Å². The molecule has 1 heterocycles. The second kappa shape index (κ2) is 6.85. The van der Waals surface area contributed by atoms with E-state index < -0.39 is 4.92 Å². The van der Waals surface area contributed by atoms with Gasteiger partial charge in [0.05, 0.1) is 27.9 Å². The maximum Gasteiger partial charge on any atom is 0.271 e. The average Bonchev–Trinajstić information content (AvgIpc) is 2.48. The van der Waals surface area contributed by atoms with Crippen LogP contribution in [0, 0.1) is 21.4 Å². The lowest BCUT2D eigenvalue weighted by molar-refractivity contribution is -0.385. The van der Waals surface area contributed by atoms with Crippen molar-refractivity contribution in [3.63, 3.8) is 0 Å². The molecule has 1 aliphatic heterocycles. The molecule has 0 unspecified atom stereocenters. The molecular formula is C13H15BrN4O3. The first kappa shape index (κ1) is 15.7. The molecule has 21 heavy (non-hydrogen) atoms. The van der Waals surface area contributed by atoms with Crippen molar-refractivity contribution in [1.82, 2.24) is 10.2 Å². The number of nitrogens with one attached hydrogen (secondary N) is 1. The van der Waals surface area contributed by atoms with Gasteiger partial charge >= 0.3 is 0 Å². The van der Waals surface area contributed by atoms with Crippen molar-refractivity contribution in [2.45, 2.75) is 12.5 Å². The summed E-state index contributed by atoms with van der Waals surface area (Å²) in [5, 5.41) is 33.5. The molecule has 0 bridgehead atoms. The molecule has 1 aromatic carbocycles. The summed E-state index contributed by atoms with van der Waals surface area (Å²) in [7, 11) is 0. The summed E-state index contributed by atoms with van der Waals surface area (Å²) < 4.78 is 0.268. The molecule has 1 aliphatic rings. The van der Waals surface area contributed by atoms with E-state index in [2.05, 4.69) is 32.2 Å². The number of benzene rings is 1. The number of nitro benzene ring substituents is 1. The van der Waals surface area contributed by atoms with Crippen LogP contribution in [0.15, 0.2) is 16.6 Å². The summed E-state index contributed by atoms with van der Waals surface area (Å²) in [5.74, 6) is -0.0422. The molecular weight excluding hydrogens is 340 g/mol. The van der Waals surface area contributed by atoms with Gasteiger partial charge in [-0.15, -0.1) is 0 Å². The smallest absolute Gasteiger partial charge is 0.271 e. The van der Waals surface area contributed by atoms with Gasteiger partial charge in [0.25, 0.3) is 5.69 Å². The Kier molecular flexibility index (Phi) is 5.12. The number of rotatable bonds is 4. The van der Waals surface area contributed by atoms with Crippen molar-refractivity contribution in [2.75, 3.05) is 26.2 Å². The molecule has 8 heteroatoms. The second-order valence-corrected chi connectivity index (χ2v) is 5.64. The Balaban J connectivity index is 2.43. The molecule has 7 nitrogen and oxygen atoms in total. The summed E-state index contributed by atoms with van der Waals surface area (Å²) in [6.07, 6.45) is 0.168. The number of piperazine rings is 1. The molecule has 0 radical (unpaired) electrons. The van der Waals surface area contributed by atoms with Crippen LogP contribution in [0.1, 0.15) is 18.0 Å². The predicted molar refractivity (Wildman–Crippen MR) is 79.9 cm³/mol. The average molecular weight is 355 g/mol. The molecule has 0 amide bonds. The summed E-state index contributed by atoms with van der Waals surface area (Å²) in [4.78, 5) is 12.5. The Morgan fingerprint density at radius 1 is 1.52 bits per heavy atom. The molecule has 0 aromatic heterocycles. The molecule has 0 saturated carbocycles. The van der Waals surface area contributed by atoms with Gasteiger partial charge in [0.1, 0.15) is 5.75 Å². The number of halogens is 1. The normalized spacial score (nSPS) is 17.1. The van der Waals surface area contributed by atoms with Crippen molar-refractivity contribution in [3.05, 3.63) is 32.3 Å². The number of nitro groups is 1. The van der Waals surface area contributed by atoms with Crippen molar-refractivity contribution in [1.29, 1.82) is 5.26 Å². The quantitative estimate of drug-likeness (QED) is 0.632. The summed E-state index contributed by atoms with van der Waals surface area (Å²) in [6.45, 7) is 3.04. The Labute approximate surface area is 130 Å². The maximum atomic E-state index is 11.0. The molecule has 1 atom stereocenters. The maximum absolute atomic E-state index is 11.0. The number of hydrogen-bond acceptors (Lipinski definition) is 6. The van der Waals surface area contributed by atoms with E-state index in [1.165, 1.54) is 12.1 Å². The minimum absolute atomic E-state index is 0.0422. The molecule has 1 fully saturated rings. The van der Waals surface area contributed by atoms with Crippen LogP contribution in [-0.2, 0) is 0 Å². The fraction of sp³-hybridized carbons (Fsp3) is 0.462. The van der Waals surface area contributed by atoms with Crippen LogP contribution < -0.4 is 5.32 Å². The highest BCUT2D eigenvalue weighted by molar-refractivity contribution is 9.10. The number of phenols is 1. The van der Waals surface area contributed by atoms with Gasteiger partial charge in [0.2, 0.25) is 0 Å². The third kappa shape index (κ3) is 3.50. The van der Waals surface area contributed by atoms with Crippen LogP contribution in [0.25, 0.3) is 0 Å². The summed E-state index contributed by atoms with van der Waals surface area (Å²) in [5.41, 5.74) is 0.312. The summed E-state index contributed by atoms with van der Waals surface area (Å²) >= 11 is 3.14. The third-order valence-electron chi connectivity index (χ3n) is 3.52. The molecule has 0 spiro atoms. The largest absolute Gasteiger partial charge is 0.506 e. The first-order chi connectivity index (χ1) is 10.0.